The minimum Gasteiger partial charge on any atom is -0.480 e. The first-order chi connectivity index (χ1) is 17.9. The summed E-state index contributed by atoms with van der Waals surface area (Å²) in [6.07, 6.45) is -0.791. The summed E-state index contributed by atoms with van der Waals surface area (Å²) in [7, 11) is 0. The van der Waals surface area contributed by atoms with Crippen molar-refractivity contribution in [1.82, 2.24) is 10.6 Å². The largest absolute Gasteiger partial charge is 0.480 e. The van der Waals surface area contributed by atoms with E-state index in [-0.39, 0.29) is 12.8 Å². The summed E-state index contributed by atoms with van der Waals surface area (Å²) in [4.78, 5) is 39.6. The smallest absolute Gasteiger partial charge is 0.408 e. The van der Waals surface area contributed by atoms with Crippen LogP contribution in [0, 0.1) is 5.82 Å². The Labute approximate surface area is 232 Å². The first-order valence-electron chi connectivity index (χ1n) is 12.1. The molecule has 0 fully saturated rings. The van der Waals surface area contributed by atoms with E-state index < -0.39 is 41.5 Å². The zero-order chi connectivity index (χ0) is 28.3. The van der Waals surface area contributed by atoms with Crippen molar-refractivity contribution in [2.45, 2.75) is 51.3 Å². The monoisotopic (exact) mass is 569 g/mol. The van der Waals surface area contributed by atoms with Crippen LogP contribution in [0.1, 0.15) is 31.9 Å². The Morgan fingerprint density at radius 2 is 1.39 bits per heavy atom. The molecule has 208 valence electrons. The number of hydrogen-bond donors (Lipinski definition) is 3. The van der Waals surface area contributed by atoms with Crippen LogP contribution in [0.15, 0.2) is 48.5 Å². The number of nitrogens with one attached hydrogen (secondary N) is 2. The molecule has 2 rings (SSSR count). The topological polar surface area (TPSA) is 108 Å². The molecule has 0 bridgehead atoms. The molecule has 0 aliphatic heterocycles. The summed E-state index contributed by atoms with van der Waals surface area (Å²) in [5, 5.41) is 14.7. The van der Waals surface area contributed by atoms with E-state index in [4.69, 9.17) is 27.9 Å². The highest BCUT2D eigenvalue weighted by atomic mass is 35.5. The molecule has 0 saturated carbocycles. The molecule has 8 nitrogen and oxygen atoms in total. The van der Waals surface area contributed by atoms with Crippen molar-refractivity contribution < 1.29 is 28.6 Å². The molecule has 38 heavy (non-hydrogen) atoms. The average molecular weight is 570 g/mol. The number of alkyl halides is 2. The number of carboxylic acids is 1. The van der Waals surface area contributed by atoms with Crippen molar-refractivity contribution in [1.29, 1.82) is 0 Å². The molecule has 0 saturated heterocycles. The number of carboxylic acid groups (broad SMARTS) is 1. The molecule has 0 heterocycles. The number of carbonyl (C=O) groups is 3. The highest BCUT2D eigenvalue weighted by Crippen LogP contribution is 2.17. The fraction of sp³-hybridized carbons (Fsp3) is 0.444. The van der Waals surface area contributed by atoms with Gasteiger partial charge >= 0.3 is 12.1 Å². The molecule has 0 spiro atoms. The first kappa shape index (κ1) is 31.2. The third kappa shape index (κ3) is 10.8. The van der Waals surface area contributed by atoms with Crippen LogP contribution >= 0.6 is 23.2 Å². The molecule has 0 aromatic heterocycles. The van der Waals surface area contributed by atoms with E-state index in [9.17, 15) is 23.9 Å². The molecule has 2 aromatic carbocycles. The predicted octanol–water partition coefficient (Wildman–Crippen LogP) is 4.36. The highest BCUT2D eigenvalue weighted by molar-refractivity contribution is 6.18. The summed E-state index contributed by atoms with van der Waals surface area (Å²) < 4.78 is 18.5. The van der Waals surface area contributed by atoms with Crippen molar-refractivity contribution in [2.75, 3.05) is 29.7 Å². The molecule has 11 heteroatoms. The van der Waals surface area contributed by atoms with E-state index in [1.807, 2.05) is 29.2 Å². The zero-order valence-corrected chi connectivity index (χ0v) is 23.2. The maximum atomic E-state index is 13.2. The third-order valence-electron chi connectivity index (χ3n) is 5.43. The van der Waals surface area contributed by atoms with E-state index in [0.29, 0.717) is 30.4 Å². The summed E-state index contributed by atoms with van der Waals surface area (Å²) in [6, 6.07) is 10.3. The van der Waals surface area contributed by atoms with Gasteiger partial charge < -0.3 is 25.4 Å². The van der Waals surface area contributed by atoms with Crippen LogP contribution < -0.4 is 15.5 Å². The minimum absolute atomic E-state index is 0.0633. The number of halogens is 3. The molecule has 2 aromatic rings. The lowest BCUT2D eigenvalue weighted by Gasteiger charge is -2.25. The number of hydrogen-bond acceptors (Lipinski definition) is 5. The average Bonchev–Trinajstić information content (AvgIpc) is 2.83. The van der Waals surface area contributed by atoms with Gasteiger partial charge in [0.2, 0.25) is 5.91 Å². The Morgan fingerprint density at radius 3 is 1.87 bits per heavy atom. The summed E-state index contributed by atoms with van der Waals surface area (Å²) in [6.45, 7) is 6.30. The van der Waals surface area contributed by atoms with Crippen LogP contribution in [0.2, 0.25) is 0 Å². The van der Waals surface area contributed by atoms with Crippen LogP contribution in [0.4, 0.5) is 14.9 Å². The van der Waals surface area contributed by atoms with Gasteiger partial charge in [0.1, 0.15) is 23.5 Å². The maximum absolute atomic E-state index is 13.2. The molecule has 2 atom stereocenters. The van der Waals surface area contributed by atoms with E-state index >= 15 is 0 Å². The molecule has 0 aliphatic carbocycles. The number of ether oxygens (including phenoxy) is 1. The Balaban J connectivity index is 2.22. The molecule has 0 aliphatic rings. The highest BCUT2D eigenvalue weighted by Gasteiger charge is 2.29. The van der Waals surface area contributed by atoms with Gasteiger partial charge in [0.25, 0.3) is 0 Å². The standard InChI is InChI=1S/C27H34Cl2FN3O5/c1-27(2,3)38-26(37)32-22(16-19-6-10-21(11-7-19)33(14-12-28)15-13-29)24(34)31-23(25(35)36)17-18-4-8-20(30)9-5-18/h4-11,22-23H,12-17H2,1-3H3,(H,31,34)(H,32,37)(H,35,36)/t22-,23-/m0/s1. The Kier molecular flexibility index (Phi) is 12.1. The van der Waals surface area contributed by atoms with Crippen LogP contribution in [-0.2, 0) is 27.2 Å². The fourth-order valence-corrected chi connectivity index (χ4v) is 4.05. The molecular formula is C27H34Cl2FN3O5. The van der Waals surface area contributed by atoms with Crippen molar-refractivity contribution in [3.05, 3.63) is 65.5 Å². The van der Waals surface area contributed by atoms with Crippen molar-refractivity contribution >= 4 is 46.9 Å². The lowest BCUT2D eigenvalue weighted by atomic mass is 10.0. The molecule has 0 unspecified atom stereocenters. The summed E-state index contributed by atoms with van der Waals surface area (Å²) >= 11 is 11.8. The van der Waals surface area contributed by atoms with E-state index in [2.05, 4.69) is 10.6 Å². The van der Waals surface area contributed by atoms with Gasteiger partial charge in [-0.25, -0.2) is 14.0 Å². The third-order valence-corrected chi connectivity index (χ3v) is 5.76. The number of benzene rings is 2. The summed E-state index contributed by atoms with van der Waals surface area (Å²) in [5.74, 6) is -1.54. The quantitative estimate of drug-likeness (QED) is 0.309. The molecule has 0 radical (unpaired) electrons. The lowest BCUT2D eigenvalue weighted by molar-refractivity contribution is -0.142. The second kappa shape index (κ2) is 14.8. The van der Waals surface area contributed by atoms with Gasteiger partial charge in [-0.3, -0.25) is 4.79 Å². The number of rotatable bonds is 13. The van der Waals surface area contributed by atoms with Crippen molar-refractivity contribution in [3.63, 3.8) is 0 Å². The number of anilines is 1. The fourth-order valence-electron chi connectivity index (χ4n) is 3.64. The minimum atomic E-state index is -1.29. The molecular weight excluding hydrogens is 536 g/mol. The van der Waals surface area contributed by atoms with Gasteiger partial charge in [0, 0.05) is 43.4 Å². The van der Waals surface area contributed by atoms with Gasteiger partial charge in [-0.05, 0) is 56.2 Å². The number of aliphatic carboxylic acids is 1. The number of carbonyl (C=O) groups excluding carboxylic acids is 2. The van der Waals surface area contributed by atoms with Crippen molar-refractivity contribution in [2.24, 2.45) is 0 Å². The Morgan fingerprint density at radius 1 is 0.895 bits per heavy atom. The predicted molar refractivity (Wildman–Crippen MR) is 147 cm³/mol. The van der Waals surface area contributed by atoms with Crippen LogP contribution in [0.3, 0.4) is 0 Å². The SMILES string of the molecule is CC(C)(C)OC(=O)N[C@@H](Cc1ccc(N(CCCl)CCCl)cc1)C(=O)N[C@@H](Cc1ccc(F)cc1)C(=O)O. The van der Waals surface area contributed by atoms with Crippen LogP contribution in [0.5, 0.6) is 0 Å². The van der Waals surface area contributed by atoms with Gasteiger partial charge in [-0.15, -0.1) is 23.2 Å². The Bertz CT molecular complexity index is 1060. The van der Waals surface area contributed by atoms with E-state index in [1.165, 1.54) is 24.3 Å². The van der Waals surface area contributed by atoms with Gasteiger partial charge in [-0.2, -0.15) is 0 Å². The molecule has 2 amide bonds. The second-order valence-corrected chi connectivity index (χ2v) is 10.4. The maximum Gasteiger partial charge on any atom is 0.408 e. The summed E-state index contributed by atoms with van der Waals surface area (Å²) in [5.41, 5.74) is 1.37. The lowest BCUT2D eigenvalue weighted by Crippen LogP contribution is -2.53. The number of alkyl carbamates (subject to hydrolysis) is 1. The molecule has 3 N–H and O–H groups in total. The van der Waals surface area contributed by atoms with E-state index in [1.54, 1.807) is 20.8 Å². The number of nitrogens with zero attached hydrogens (tertiary/aromatic N) is 1. The normalized spacial score (nSPS) is 12.8. The first-order valence-corrected chi connectivity index (χ1v) is 13.2. The Hall–Kier alpha value is -3.04. The van der Waals surface area contributed by atoms with E-state index in [0.717, 1.165) is 11.3 Å². The van der Waals surface area contributed by atoms with Crippen LogP contribution in [-0.4, -0.2) is 65.6 Å². The second-order valence-electron chi connectivity index (χ2n) is 9.66. The zero-order valence-electron chi connectivity index (χ0n) is 21.7. The van der Waals surface area contributed by atoms with Gasteiger partial charge in [-0.1, -0.05) is 24.3 Å². The van der Waals surface area contributed by atoms with Crippen LogP contribution in [0.25, 0.3) is 0 Å². The number of amides is 2. The van der Waals surface area contributed by atoms with Gasteiger partial charge in [0.15, 0.2) is 0 Å². The van der Waals surface area contributed by atoms with Gasteiger partial charge in [0.05, 0.1) is 0 Å². The van der Waals surface area contributed by atoms with Crippen molar-refractivity contribution in [3.8, 4) is 0 Å².